The van der Waals surface area contributed by atoms with Crippen LogP contribution in [-0.4, -0.2) is 24.6 Å². The van der Waals surface area contributed by atoms with Crippen molar-refractivity contribution in [1.82, 2.24) is 10.9 Å². The molecule has 0 aromatic heterocycles. The summed E-state index contributed by atoms with van der Waals surface area (Å²) in [6.07, 6.45) is -5.61. The van der Waals surface area contributed by atoms with Gasteiger partial charge < -0.3 is 5.43 Å². The second-order valence-corrected chi connectivity index (χ2v) is 2.04. The fourth-order valence-corrected chi connectivity index (χ4v) is 0.593. The van der Waals surface area contributed by atoms with E-state index in [0.29, 0.717) is 0 Å². The average molecular weight is 189 g/mol. The summed E-state index contributed by atoms with van der Waals surface area (Å²) in [7, 11) is 0. The highest BCUT2D eigenvalue weighted by Gasteiger charge is 2.62. The van der Waals surface area contributed by atoms with E-state index in [4.69, 9.17) is 0 Å². The molecule has 0 aromatic carbocycles. The van der Waals surface area contributed by atoms with Crippen molar-refractivity contribution in [3.05, 3.63) is 0 Å². The van der Waals surface area contributed by atoms with Gasteiger partial charge in [-0.3, -0.25) is 0 Å². The zero-order valence-electron chi connectivity index (χ0n) is 5.54. The van der Waals surface area contributed by atoms with E-state index in [1.54, 1.807) is 5.43 Å². The second-order valence-electron chi connectivity index (χ2n) is 2.04. The molecule has 1 heterocycles. The van der Waals surface area contributed by atoms with Gasteiger partial charge in [-0.1, -0.05) is 0 Å². The van der Waals surface area contributed by atoms with Gasteiger partial charge in [-0.2, -0.15) is 22.0 Å². The van der Waals surface area contributed by atoms with E-state index in [-0.39, 0.29) is 6.67 Å². The summed E-state index contributed by atoms with van der Waals surface area (Å²) >= 11 is 0. The highest BCUT2D eigenvalue weighted by atomic mass is 19.4. The van der Waals surface area contributed by atoms with Crippen LogP contribution >= 0.6 is 0 Å². The zero-order chi connectivity index (χ0) is 9.41. The van der Waals surface area contributed by atoms with E-state index in [2.05, 4.69) is 4.99 Å². The molecule has 8 heteroatoms. The number of alkyl halides is 5. The molecule has 70 valence electrons. The molecule has 0 atom stereocenters. The van der Waals surface area contributed by atoms with Gasteiger partial charge in [-0.25, -0.2) is 10.4 Å². The van der Waals surface area contributed by atoms with Crippen molar-refractivity contribution in [3.63, 3.8) is 0 Å². The summed E-state index contributed by atoms with van der Waals surface area (Å²) in [5, 5.41) is 0. The second kappa shape index (κ2) is 2.54. The Labute approximate surface area is 63.6 Å². The SMILES string of the molecule is FC(F)(F)C(F)(F)C1=NCNN1. The van der Waals surface area contributed by atoms with Crippen molar-refractivity contribution in [2.75, 3.05) is 6.67 Å². The predicted molar refractivity (Wildman–Crippen MR) is 29.6 cm³/mol. The van der Waals surface area contributed by atoms with Crippen LogP contribution in [0.3, 0.4) is 0 Å². The molecule has 2 N–H and O–H groups in total. The summed E-state index contributed by atoms with van der Waals surface area (Å²) in [6, 6.07) is 0. The minimum Gasteiger partial charge on any atom is -0.302 e. The lowest BCUT2D eigenvalue weighted by atomic mass is 10.3. The van der Waals surface area contributed by atoms with Gasteiger partial charge >= 0.3 is 12.1 Å². The lowest BCUT2D eigenvalue weighted by molar-refractivity contribution is -0.250. The van der Waals surface area contributed by atoms with E-state index in [9.17, 15) is 22.0 Å². The Hall–Kier alpha value is -0.920. The molecule has 0 saturated heterocycles. The van der Waals surface area contributed by atoms with E-state index in [1.165, 1.54) is 0 Å². The fraction of sp³-hybridized carbons (Fsp3) is 0.750. The van der Waals surface area contributed by atoms with E-state index in [0.717, 1.165) is 0 Å². The zero-order valence-corrected chi connectivity index (χ0v) is 5.54. The third-order valence-electron chi connectivity index (χ3n) is 1.18. The molecule has 3 nitrogen and oxygen atoms in total. The van der Waals surface area contributed by atoms with Crippen LogP contribution in [0.2, 0.25) is 0 Å². The standard InChI is InChI=1S/C4H4F5N3/c5-3(6,4(7,8)9)2-10-1-11-12-2/h11H,1H2,(H,10,12). The molecule has 0 aliphatic carbocycles. The van der Waals surface area contributed by atoms with Crippen molar-refractivity contribution in [1.29, 1.82) is 0 Å². The third-order valence-corrected chi connectivity index (χ3v) is 1.18. The third kappa shape index (κ3) is 1.33. The van der Waals surface area contributed by atoms with Crippen molar-refractivity contribution >= 4 is 5.84 Å². The average Bonchev–Trinajstić information content (AvgIpc) is 2.34. The first-order valence-electron chi connectivity index (χ1n) is 2.84. The van der Waals surface area contributed by atoms with Crippen molar-refractivity contribution < 1.29 is 22.0 Å². The van der Waals surface area contributed by atoms with E-state index >= 15 is 0 Å². The number of nitrogens with one attached hydrogen (secondary N) is 2. The van der Waals surface area contributed by atoms with Gasteiger partial charge in [0.05, 0.1) is 0 Å². The molecule has 1 rings (SSSR count). The minimum atomic E-state index is -5.61. The Balaban J connectivity index is 2.84. The summed E-state index contributed by atoms with van der Waals surface area (Å²) < 4.78 is 59.3. The first kappa shape index (κ1) is 9.17. The number of rotatable bonds is 1. The molecule has 1 aliphatic heterocycles. The van der Waals surface area contributed by atoms with Gasteiger partial charge in [0.25, 0.3) is 0 Å². The van der Waals surface area contributed by atoms with Gasteiger partial charge in [0.1, 0.15) is 6.67 Å². The van der Waals surface area contributed by atoms with Crippen LogP contribution in [0.1, 0.15) is 0 Å². The number of hydrogen-bond acceptors (Lipinski definition) is 3. The fourth-order valence-electron chi connectivity index (χ4n) is 0.593. The van der Waals surface area contributed by atoms with Crippen molar-refractivity contribution in [2.24, 2.45) is 4.99 Å². The maximum atomic E-state index is 12.3. The Bertz CT molecular complexity index is 207. The van der Waals surface area contributed by atoms with Crippen molar-refractivity contribution in [3.8, 4) is 0 Å². The molecule has 12 heavy (non-hydrogen) atoms. The number of nitrogens with zero attached hydrogens (tertiary/aromatic N) is 1. The number of aliphatic imine (C=N–C) groups is 1. The first-order valence-corrected chi connectivity index (χ1v) is 2.84. The topological polar surface area (TPSA) is 36.4 Å². The van der Waals surface area contributed by atoms with Crippen LogP contribution in [0, 0.1) is 0 Å². The van der Waals surface area contributed by atoms with Gasteiger partial charge in [-0.05, 0) is 0 Å². The quantitative estimate of drug-likeness (QED) is 0.594. The lowest BCUT2D eigenvalue weighted by Gasteiger charge is -2.18. The Morgan fingerprint density at radius 1 is 1.17 bits per heavy atom. The molecule has 0 radical (unpaired) electrons. The van der Waals surface area contributed by atoms with Crippen LogP contribution < -0.4 is 10.9 Å². The smallest absolute Gasteiger partial charge is 0.302 e. The molecule has 0 bridgehead atoms. The maximum absolute atomic E-state index is 12.3. The van der Waals surface area contributed by atoms with Gasteiger partial charge in [0.2, 0.25) is 0 Å². The van der Waals surface area contributed by atoms with Crippen LogP contribution in [0.5, 0.6) is 0 Å². The molecule has 0 fully saturated rings. The van der Waals surface area contributed by atoms with Gasteiger partial charge in [-0.15, -0.1) is 0 Å². The largest absolute Gasteiger partial charge is 0.461 e. The molecule has 1 aliphatic rings. The maximum Gasteiger partial charge on any atom is 0.461 e. The monoisotopic (exact) mass is 189 g/mol. The normalized spacial score (nSPS) is 18.9. The van der Waals surface area contributed by atoms with Crippen LogP contribution in [0.4, 0.5) is 22.0 Å². The number of halogens is 5. The van der Waals surface area contributed by atoms with Crippen molar-refractivity contribution in [2.45, 2.75) is 12.1 Å². The highest BCUT2D eigenvalue weighted by molar-refractivity contribution is 5.90. The molecule has 0 saturated carbocycles. The highest BCUT2D eigenvalue weighted by Crippen LogP contribution is 2.36. The van der Waals surface area contributed by atoms with E-state index in [1.807, 2.05) is 5.43 Å². The number of hydrogen-bond donors (Lipinski definition) is 2. The van der Waals surface area contributed by atoms with Crippen LogP contribution in [0.25, 0.3) is 0 Å². The van der Waals surface area contributed by atoms with Gasteiger partial charge in [0.15, 0.2) is 5.84 Å². The van der Waals surface area contributed by atoms with E-state index < -0.39 is 17.9 Å². The molecule has 0 aromatic rings. The summed E-state index contributed by atoms with van der Waals surface area (Å²) in [5.74, 6) is -6.30. The molecular formula is C4H4F5N3. The van der Waals surface area contributed by atoms with Gasteiger partial charge in [0, 0.05) is 0 Å². The minimum absolute atomic E-state index is 0.291. The van der Waals surface area contributed by atoms with Crippen LogP contribution in [0.15, 0.2) is 4.99 Å². The predicted octanol–water partition coefficient (Wildman–Crippen LogP) is 0.648. The molecule has 0 amide bonds. The summed E-state index contributed by atoms with van der Waals surface area (Å²) in [4.78, 5) is 2.90. The Kier molecular flexibility index (Phi) is 1.94. The summed E-state index contributed by atoms with van der Waals surface area (Å²) in [6.45, 7) is -0.291. The molecular weight excluding hydrogens is 185 g/mol. The lowest BCUT2D eigenvalue weighted by Crippen LogP contribution is -2.50. The molecule has 0 unspecified atom stereocenters. The first-order chi connectivity index (χ1) is 5.36. The summed E-state index contributed by atoms with van der Waals surface area (Å²) in [5.41, 5.74) is 3.65. The Morgan fingerprint density at radius 3 is 2.08 bits per heavy atom. The Morgan fingerprint density at radius 2 is 1.75 bits per heavy atom. The van der Waals surface area contributed by atoms with Crippen LogP contribution in [-0.2, 0) is 0 Å². The number of amidine groups is 1. The number of hydrazine groups is 1. The molecule has 0 spiro atoms.